The molecule has 26 heavy (non-hydrogen) atoms. The molecule has 0 bridgehead atoms. The summed E-state index contributed by atoms with van der Waals surface area (Å²) < 4.78 is 7.60. The van der Waals surface area contributed by atoms with Crippen LogP contribution >= 0.6 is 0 Å². The van der Waals surface area contributed by atoms with Gasteiger partial charge in [0.1, 0.15) is 5.65 Å². The molecule has 4 rings (SSSR count). The van der Waals surface area contributed by atoms with Crippen LogP contribution in [0.4, 0.5) is 0 Å². The van der Waals surface area contributed by atoms with Crippen molar-refractivity contribution in [2.45, 2.75) is 25.5 Å². The van der Waals surface area contributed by atoms with Crippen molar-refractivity contribution < 1.29 is 9.53 Å². The summed E-state index contributed by atoms with van der Waals surface area (Å²) in [4.78, 5) is 21.4. The fourth-order valence-corrected chi connectivity index (χ4v) is 3.69. The average molecular weight is 357 g/mol. The Morgan fingerprint density at radius 1 is 1.23 bits per heavy atom. The van der Waals surface area contributed by atoms with E-state index in [1.54, 1.807) is 0 Å². The van der Waals surface area contributed by atoms with E-state index in [0.717, 1.165) is 63.5 Å². The van der Waals surface area contributed by atoms with Gasteiger partial charge in [-0.1, -0.05) is 6.07 Å². The molecule has 2 aliphatic rings. The molecule has 2 aliphatic heterocycles. The predicted octanol–water partition coefficient (Wildman–Crippen LogP) is 0.747. The number of pyridine rings is 1. The second-order valence-corrected chi connectivity index (χ2v) is 7.19. The zero-order valence-electron chi connectivity index (χ0n) is 15.1. The maximum absolute atomic E-state index is 12.1. The van der Waals surface area contributed by atoms with Crippen molar-refractivity contribution in [3.8, 4) is 0 Å². The molecule has 0 spiro atoms. The Kier molecular flexibility index (Phi) is 5.48. The predicted molar refractivity (Wildman–Crippen MR) is 98.9 cm³/mol. The minimum absolute atomic E-state index is 0.106. The molecule has 0 saturated carbocycles. The molecular weight excluding hydrogens is 330 g/mol. The lowest BCUT2D eigenvalue weighted by atomic mass is 10.2. The summed E-state index contributed by atoms with van der Waals surface area (Å²) in [6.07, 6.45) is 6.50. The number of carbonyl (C=O) groups excluding carboxylic acids is 1. The van der Waals surface area contributed by atoms with Crippen LogP contribution in [0.1, 0.15) is 18.5 Å². The third-order valence-corrected chi connectivity index (χ3v) is 5.18. The first-order chi connectivity index (χ1) is 12.8. The molecule has 2 aromatic heterocycles. The van der Waals surface area contributed by atoms with E-state index < -0.39 is 0 Å². The molecule has 1 amide bonds. The number of nitrogens with one attached hydrogen (secondary N) is 1. The van der Waals surface area contributed by atoms with Crippen LogP contribution in [-0.2, 0) is 16.1 Å². The highest BCUT2D eigenvalue weighted by atomic mass is 16.5. The minimum atomic E-state index is 0.106. The van der Waals surface area contributed by atoms with Gasteiger partial charge in [0.25, 0.3) is 0 Å². The van der Waals surface area contributed by atoms with Crippen LogP contribution in [0.15, 0.2) is 30.6 Å². The smallest absolute Gasteiger partial charge is 0.234 e. The first-order valence-electron chi connectivity index (χ1n) is 9.52. The summed E-state index contributed by atoms with van der Waals surface area (Å²) in [6, 6.07) is 6.05. The number of rotatable bonds is 6. The van der Waals surface area contributed by atoms with Crippen LogP contribution in [0.5, 0.6) is 0 Å². The summed E-state index contributed by atoms with van der Waals surface area (Å²) >= 11 is 0. The van der Waals surface area contributed by atoms with E-state index in [0.29, 0.717) is 13.1 Å². The van der Waals surface area contributed by atoms with Crippen molar-refractivity contribution >= 4 is 11.6 Å². The van der Waals surface area contributed by atoms with Gasteiger partial charge in [0.2, 0.25) is 5.91 Å². The first kappa shape index (κ1) is 17.5. The summed E-state index contributed by atoms with van der Waals surface area (Å²) in [6.45, 7) is 6.58. The van der Waals surface area contributed by atoms with Crippen molar-refractivity contribution in [3.05, 3.63) is 36.3 Å². The second-order valence-electron chi connectivity index (χ2n) is 7.19. The average Bonchev–Trinajstić information content (AvgIpc) is 3.30. The maximum atomic E-state index is 12.1. The number of hydrogen-bond donors (Lipinski definition) is 1. The Morgan fingerprint density at radius 2 is 2.08 bits per heavy atom. The number of fused-ring (bicyclic) bond motifs is 1. The number of aromatic nitrogens is 2. The second kappa shape index (κ2) is 8.16. The molecule has 1 unspecified atom stereocenters. The quantitative estimate of drug-likeness (QED) is 0.827. The van der Waals surface area contributed by atoms with Gasteiger partial charge >= 0.3 is 0 Å². The Hall–Kier alpha value is -1.96. The fraction of sp³-hybridized carbons (Fsp3) is 0.579. The molecular formula is C19H27N5O2. The van der Waals surface area contributed by atoms with Gasteiger partial charge in [0.15, 0.2) is 0 Å². The minimum Gasteiger partial charge on any atom is -0.376 e. The Labute approximate surface area is 153 Å². The van der Waals surface area contributed by atoms with E-state index in [9.17, 15) is 4.79 Å². The van der Waals surface area contributed by atoms with Crippen LogP contribution in [0.2, 0.25) is 0 Å². The Balaban J connectivity index is 1.19. The monoisotopic (exact) mass is 357 g/mol. The van der Waals surface area contributed by atoms with Gasteiger partial charge in [-0.25, -0.2) is 4.98 Å². The number of piperazine rings is 1. The van der Waals surface area contributed by atoms with Gasteiger partial charge in [-0.3, -0.25) is 14.6 Å². The number of hydrogen-bond acceptors (Lipinski definition) is 5. The van der Waals surface area contributed by atoms with Gasteiger partial charge in [0.05, 0.1) is 18.3 Å². The molecule has 140 valence electrons. The summed E-state index contributed by atoms with van der Waals surface area (Å²) in [5, 5.41) is 3.01. The highest BCUT2D eigenvalue weighted by Crippen LogP contribution is 2.11. The molecule has 0 radical (unpaired) electrons. The normalized spacial score (nSPS) is 22.1. The molecule has 2 aromatic rings. The van der Waals surface area contributed by atoms with Crippen molar-refractivity contribution in [3.63, 3.8) is 0 Å². The Bertz CT molecular complexity index is 699. The van der Waals surface area contributed by atoms with Crippen LogP contribution in [0.3, 0.4) is 0 Å². The molecule has 7 heteroatoms. The molecule has 1 atom stereocenters. The first-order valence-corrected chi connectivity index (χ1v) is 9.52. The van der Waals surface area contributed by atoms with Gasteiger partial charge < -0.3 is 14.5 Å². The summed E-state index contributed by atoms with van der Waals surface area (Å²) in [5.41, 5.74) is 2.09. The number of ether oxygens (including phenoxy) is 1. The number of nitrogens with zero attached hydrogens (tertiary/aromatic N) is 4. The lowest BCUT2D eigenvalue weighted by molar-refractivity contribution is -0.123. The van der Waals surface area contributed by atoms with Crippen LogP contribution in [0, 0.1) is 0 Å². The van der Waals surface area contributed by atoms with Crippen molar-refractivity contribution in [1.29, 1.82) is 0 Å². The lowest BCUT2D eigenvalue weighted by Gasteiger charge is -2.33. The van der Waals surface area contributed by atoms with E-state index in [2.05, 4.69) is 30.7 Å². The van der Waals surface area contributed by atoms with Crippen molar-refractivity contribution in [2.24, 2.45) is 0 Å². The van der Waals surface area contributed by atoms with E-state index >= 15 is 0 Å². The molecule has 2 fully saturated rings. The standard InChI is InChI=1S/C19H27N5O2/c25-19(20-12-17-4-3-11-26-17)15-23-9-7-22(8-10-23)13-16-14-24-6-2-1-5-18(24)21-16/h1-2,5-6,14,17H,3-4,7-13,15H2,(H,20,25). The van der Waals surface area contributed by atoms with E-state index in [4.69, 9.17) is 4.74 Å². The van der Waals surface area contributed by atoms with E-state index in [1.165, 1.54) is 0 Å². The summed E-state index contributed by atoms with van der Waals surface area (Å²) in [7, 11) is 0. The molecule has 4 heterocycles. The molecule has 7 nitrogen and oxygen atoms in total. The van der Waals surface area contributed by atoms with E-state index in [-0.39, 0.29) is 12.0 Å². The highest BCUT2D eigenvalue weighted by Gasteiger charge is 2.21. The van der Waals surface area contributed by atoms with Gasteiger partial charge in [-0.05, 0) is 25.0 Å². The summed E-state index contributed by atoms with van der Waals surface area (Å²) in [5.74, 6) is 0.106. The number of imidazole rings is 1. The molecule has 2 saturated heterocycles. The van der Waals surface area contributed by atoms with Gasteiger partial charge in [-0.2, -0.15) is 0 Å². The fourth-order valence-electron chi connectivity index (χ4n) is 3.69. The maximum Gasteiger partial charge on any atom is 0.234 e. The van der Waals surface area contributed by atoms with E-state index in [1.807, 2.05) is 24.4 Å². The zero-order valence-corrected chi connectivity index (χ0v) is 15.1. The van der Waals surface area contributed by atoms with Crippen molar-refractivity contribution in [1.82, 2.24) is 24.5 Å². The topological polar surface area (TPSA) is 62.1 Å². The highest BCUT2D eigenvalue weighted by molar-refractivity contribution is 5.78. The number of amides is 1. The zero-order chi connectivity index (χ0) is 17.8. The largest absolute Gasteiger partial charge is 0.376 e. The third-order valence-electron chi connectivity index (χ3n) is 5.18. The van der Waals surface area contributed by atoms with Crippen LogP contribution in [0.25, 0.3) is 5.65 Å². The number of carbonyl (C=O) groups is 1. The van der Waals surface area contributed by atoms with Gasteiger partial charge in [-0.15, -0.1) is 0 Å². The van der Waals surface area contributed by atoms with Crippen LogP contribution < -0.4 is 5.32 Å². The lowest BCUT2D eigenvalue weighted by Crippen LogP contribution is -2.49. The van der Waals surface area contributed by atoms with Crippen molar-refractivity contribution in [2.75, 3.05) is 45.9 Å². The Morgan fingerprint density at radius 3 is 2.85 bits per heavy atom. The van der Waals surface area contributed by atoms with Crippen LogP contribution in [-0.4, -0.2) is 77.1 Å². The molecule has 0 aromatic carbocycles. The van der Waals surface area contributed by atoms with Gasteiger partial charge in [0, 0.05) is 58.3 Å². The third kappa shape index (κ3) is 4.41. The molecule has 1 N–H and O–H groups in total. The molecule has 0 aliphatic carbocycles. The SMILES string of the molecule is O=C(CN1CCN(Cc2cn3ccccc3n2)CC1)NCC1CCCO1.